The number of hydrogen-bond acceptors (Lipinski definition) is 2. The molecule has 0 unspecified atom stereocenters. The van der Waals surface area contributed by atoms with Crippen LogP contribution in [0.3, 0.4) is 0 Å². The number of nitrogen functional groups attached to an aromatic ring is 2. The van der Waals surface area contributed by atoms with E-state index in [2.05, 4.69) is 6.07 Å². The maximum Gasteiger partial charge on any atom is 0.131 e. The van der Waals surface area contributed by atoms with Crippen LogP contribution >= 0.6 is 0 Å². The van der Waals surface area contributed by atoms with Crippen molar-refractivity contribution in [1.82, 2.24) is 0 Å². The van der Waals surface area contributed by atoms with Crippen LogP contribution in [0.5, 0.6) is 0 Å². The molecule has 0 spiro atoms. The number of hydrogen-bond donors (Lipinski definition) is 2. The summed E-state index contributed by atoms with van der Waals surface area (Å²) in [6.45, 7) is 0. The number of fused-ring (bicyclic) bond motifs is 3. The van der Waals surface area contributed by atoms with Gasteiger partial charge in [0, 0.05) is 16.9 Å². The largest absolute Gasteiger partial charge is 0.399 e. The van der Waals surface area contributed by atoms with Crippen LogP contribution in [-0.4, -0.2) is 0 Å². The molecule has 4 N–H and O–H groups in total. The predicted octanol–water partition coefficient (Wildman–Crippen LogP) is 5.35. The fourth-order valence-electron chi connectivity index (χ4n) is 4.54. The first-order valence-electron chi connectivity index (χ1n) is 9.23. The van der Waals surface area contributed by atoms with Gasteiger partial charge in [-0.05, 0) is 58.1 Å². The summed E-state index contributed by atoms with van der Waals surface area (Å²) in [5.41, 5.74) is 18.4. The van der Waals surface area contributed by atoms with E-state index in [1.165, 1.54) is 6.07 Å². The van der Waals surface area contributed by atoms with Gasteiger partial charge in [-0.15, -0.1) is 0 Å². The fraction of sp³-hybridized carbons (Fsp3) is 0.0400. The second kappa shape index (κ2) is 5.96. The Morgan fingerprint density at radius 3 is 1.71 bits per heavy atom. The Morgan fingerprint density at radius 2 is 1.11 bits per heavy atom. The number of rotatable bonds is 2. The molecule has 0 bridgehead atoms. The molecule has 4 aromatic carbocycles. The summed E-state index contributed by atoms with van der Waals surface area (Å²) >= 11 is 0. The first kappa shape index (κ1) is 16.6. The van der Waals surface area contributed by atoms with Gasteiger partial charge in [-0.1, -0.05) is 60.7 Å². The average Bonchev–Trinajstić information content (AvgIpc) is 3.02. The Hall–Kier alpha value is -3.59. The van der Waals surface area contributed by atoms with Crippen molar-refractivity contribution in [1.29, 1.82) is 0 Å². The number of halogens is 1. The van der Waals surface area contributed by atoms with Crippen LogP contribution in [0, 0.1) is 5.82 Å². The van der Waals surface area contributed by atoms with E-state index >= 15 is 4.39 Å². The Kier molecular flexibility index (Phi) is 3.53. The molecule has 136 valence electrons. The predicted molar refractivity (Wildman–Crippen MR) is 113 cm³/mol. The lowest BCUT2D eigenvalue weighted by molar-refractivity contribution is 0.628. The van der Waals surface area contributed by atoms with Gasteiger partial charge < -0.3 is 11.5 Å². The third kappa shape index (κ3) is 2.13. The summed E-state index contributed by atoms with van der Waals surface area (Å²) in [5.74, 6) is -0.210. The van der Waals surface area contributed by atoms with E-state index in [0.717, 1.165) is 27.8 Å². The van der Waals surface area contributed by atoms with Crippen LogP contribution < -0.4 is 11.5 Å². The second-order valence-corrected chi connectivity index (χ2v) is 7.20. The van der Waals surface area contributed by atoms with Gasteiger partial charge in [0.15, 0.2) is 0 Å². The summed E-state index contributed by atoms with van der Waals surface area (Å²) in [7, 11) is 0. The van der Waals surface area contributed by atoms with Gasteiger partial charge in [-0.25, -0.2) is 4.39 Å². The highest BCUT2D eigenvalue weighted by Crippen LogP contribution is 2.56. The lowest BCUT2D eigenvalue weighted by Crippen LogP contribution is -2.28. The quantitative estimate of drug-likeness (QED) is 0.414. The van der Waals surface area contributed by atoms with Crippen LogP contribution in [0.1, 0.15) is 22.3 Å². The Bertz CT molecular complexity index is 1130. The molecule has 2 nitrogen and oxygen atoms in total. The lowest BCUT2D eigenvalue weighted by Gasteiger charge is -2.34. The van der Waals surface area contributed by atoms with Crippen molar-refractivity contribution in [2.24, 2.45) is 0 Å². The highest BCUT2D eigenvalue weighted by Gasteiger charge is 2.46. The minimum Gasteiger partial charge on any atom is -0.399 e. The molecule has 0 aliphatic heterocycles. The molecule has 0 fully saturated rings. The van der Waals surface area contributed by atoms with Gasteiger partial charge in [-0.2, -0.15) is 0 Å². The van der Waals surface area contributed by atoms with Crippen molar-refractivity contribution in [3.63, 3.8) is 0 Å². The Balaban J connectivity index is 1.97. The monoisotopic (exact) mass is 366 g/mol. The van der Waals surface area contributed by atoms with E-state index in [9.17, 15) is 0 Å². The van der Waals surface area contributed by atoms with E-state index in [1.807, 2.05) is 72.8 Å². The number of anilines is 2. The fourth-order valence-corrected chi connectivity index (χ4v) is 4.54. The van der Waals surface area contributed by atoms with Crippen molar-refractivity contribution in [3.8, 4) is 11.1 Å². The minimum absolute atomic E-state index is 0.210. The van der Waals surface area contributed by atoms with Gasteiger partial charge in [0.2, 0.25) is 0 Å². The SMILES string of the molecule is Nc1ccc(C2(c3ccc(N)cc3)c3ccccc3-c3c(F)cccc32)cc1. The van der Waals surface area contributed by atoms with Crippen LogP contribution in [0.15, 0.2) is 91.0 Å². The van der Waals surface area contributed by atoms with E-state index in [-0.39, 0.29) is 5.82 Å². The van der Waals surface area contributed by atoms with Crippen molar-refractivity contribution in [3.05, 3.63) is 119 Å². The summed E-state index contributed by atoms with van der Waals surface area (Å²) in [6.07, 6.45) is 0. The molecule has 5 rings (SSSR count). The normalized spacial score (nSPS) is 13.8. The lowest BCUT2D eigenvalue weighted by atomic mass is 9.67. The molecule has 1 aliphatic rings. The number of nitrogens with two attached hydrogens (primary N) is 2. The Morgan fingerprint density at radius 1 is 0.571 bits per heavy atom. The molecular weight excluding hydrogens is 347 g/mol. The maximum absolute atomic E-state index is 15.0. The smallest absolute Gasteiger partial charge is 0.131 e. The summed E-state index contributed by atoms with van der Waals surface area (Å²) < 4.78 is 15.0. The zero-order chi connectivity index (χ0) is 19.3. The minimum atomic E-state index is -0.630. The summed E-state index contributed by atoms with van der Waals surface area (Å²) in [4.78, 5) is 0. The van der Waals surface area contributed by atoms with Crippen LogP contribution in [-0.2, 0) is 5.41 Å². The van der Waals surface area contributed by atoms with Gasteiger partial charge in [0.1, 0.15) is 5.82 Å². The standard InChI is InChI=1S/C25H19FN2/c26-23-7-3-6-22-24(23)20-4-1-2-5-21(20)25(22,16-8-12-18(27)13-9-16)17-10-14-19(28)15-11-17/h1-15H,27-28H2. The van der Waals surface area contributed by atoms with Crippen molar-refractivity contribution >= 4 is 11.4 Å². The van der Waals surface area contributed by atoms with Gasteiger partial charge in [-0.3, -0.25) is 0 Å². The van der Waals surface area contributed by atoms with Crippen LogP contribution in [0.4, 0.5) is 15.8 Å². The zero-order valence-electron chi connectivity index (χ0n) is 15.2. The molecular formula is C25H19FN2. The Labute approximate surface area is 163 Å². The zero-order valence-corrected chi connectivity index (χ0v) is 15.2. The molecule has 0 heterocycles. The molecule has 0 saturated carbocycles. The molecule has 0 saturated heterocycles. The van der Waals surface area contributed by atoms with Crippen molar-refractivity contribution < 1.29 is 4.39 Å². The van der Waals surface area contributed by atoms with Gasteiger partial charge >= 0.3 is 0 Å². The average molecular weight is 366 g/mol. The van der Waals surface area contributed by atoms with E-state index in [4.69, 9.17) is 11.5 Å². The van der Waals surface area contributed by atoms with Gasteiger partial charge in [0.05, 0.1) is 5.41 Å². The van der Waals surface area contributed by atoms with Crippen LogP contribution in [0.2, 0.25) is 0 Å². The highest BCUT2D eigenvalue weighted by molar-refractivity contribution is 5.86. The van der Waals surface area contributed by atoms with Crippen molar-refractivity contribution in [2.45, 2.75) is 5.41 Å². The first-order chi connectivity index (χ1) is 13.6. The third-order valence-electron chi connectivity index (χ3n) is 5.71. The van der Waals surface area contributed by atoms with E-state index in [0.29, 0.717) is 16.9 Å². The molecule has 0 amide bonds. The van der Waals surface area contributed by atoms with E-state index in [1.54, 1.807) is 6.07 Å². The summed E-state index contributed by atoms with van der Waals surface area (Å²) in [5, 5.41) is 0. The highest BCUT2D eigenvalue weighted by atomic mass is 19.1. The molecule has 3 heteroatoms. The van der Waals surface area contributed by atoms with E-state index < -0.39 is 5.41 Å². The second-order valence-electron chi connectivity index (χ2n) is 7.20. The van der Waals surface area contributed by atoms with Crippen LogP contribution in [0.25, 0.3) is 11.1 Å². The maximum atomic E-state index is 15.0. The van der Waals surface area contributed by atoms with Crippen molar-refractivity contribution in [2.75, 3.05) is 11.5 Å². The first-order valence-corrected chi connectivity index (χ1v) is 9.23. The third-order valence-corrected chi connectivity index (χ3v) is 5.71. The molecule has 1 aliphatic carbocycles. The summed E-state index contributed by atoms with van der Waals surface area (Å²) in [6, 6.07) is 29.1. The molecule has 28 heavy (non-hydrogen) atoms. The topological polar surface area (TPSA) is 52.0 Å². The molecule has 0 atom stereocenters. The molecule has 4 aromatic rings. The molecule has 0 radical (unpaired) electrons. The number of benzene rings is 4. The molecule has 0 aromatic heterocycles. The van der Waals surface area contributed by atoms with Gasteiger partial charge in [0.25, 0.3) is 0 Å².